The number of nitrogens with zero attached hydrogens (tertiary/aromatic N) is 1. The lowest BCUT2D eigenvalue weighted by molar-refractivity contribution is -0.275. The number of anilines is 1. The highest BCUT2D eigenvalue weighted by Gasteiger charge is 2.34. The largest absolute Gasteiger partial charge is 0.573 e. The molecule has 2 aromatic carbocycles. The fraction of sp³-hybridized carbons (Fsp3) is 0.111. The molecule has 0 saturated carbocycles. The Balaban J connectivity index is 1.73. The van der Waals surface area contributed by atoms with Gasteiger partial charge in [-0.1, -0.05) is 12.1 Å². The summed E-state index contributed by atoms with van der Waals surface area (Å²) in [4.78, 5) is 11.0. The summed E-state index contributed by atoms with van der Waals surface area (Å²) in [5.74, 6) is -0.828. The number of H-pyrrole nitrogens is 1. The molecule has 0 radical (unpaired) electrons. The van der Waals surface area contributed by atoms with Crippen molar-refractivity contribution in [1.82, 2.24) is 15.5 Å². The summed E-state index contributed by atoms with van der Waals surface area (Å²) in [6, 6.07) is 8.90. The molecule has 0 saturated heterocycles. The molecule has 3 aromatic rings. The topological polar surface area (TPSA) is 113 Å². The van der Waals surface area contributed by atoms with Crippen LogP contribution in [0.4, 0.5) is 23.7 Å². The Bertz CT molecular complexity index is 1120. The van der Waals surface area contributed by atoms with Crippen LogP contribution in [0, 0.1) is 0 Å². The molecule has 1 aromatic heterocycles. The first-order valence-electron chi connectivity index (χ1n) is 8.37. The maximum Gasteiger partial charge on any atom is 0.573 e. The molecule has 0 atom stereocenters. The molecule has 8 nitrogen and oxygen atoms in total. The maximum absolute atomic E-state index is 12.8. The summed E-state index contributed by atoms with van der Waals surface area (Å²) >= 11 is 0. The van der Waals surface area contributed by atoms with E-state index in [9.17, 15) is 26.4 Å². The Morgan fingerprint density at radius 1 is 1.10 bits per heavy atom. The molecule has 0 aliphatic heterocycles. The van der Waals surface area contributed by atoms with Gasteiger partial charge in [0, 0.05) is 24.0 Å². The van der Waals surface area contributed by atoms with Gasteiger partial charge in [0.25, 0.3) is 0 Å². The van der Waals surface area contributed by atoms with E-state index < -0.39 is 32.9 Å². The average Bonchev–Trinajstić information content (AvgIpc) is 3.19. The number of sulfone groups is 1. The molecule has 0 bridgehead atoms. The minimum Gasteiger partial charge on any atom is -0.404 e. The van der Waals surface area contributed by atoms with Crippen molar-refractivity contribution in [3.05, 3.63) is 66.5 Å². The summed E-state index contributed by atoms with van der Waals surface area (Å²) in [5.41, 5.74) is 1.05. The van der Waals surface area contributed by atoms with Crippen molar-refractivity contribution < 1.29 is 31.1 Å². The van der Waals surface area contributed by atoms with E-state index >= 15 is 0 Å². The summed E-state index contributed by atoms with van der Waals surface area (Å²) in [7, 11) is -4.29. The fourth-order valence-electron chi connectivity index (χ4n) is 2.46. The number of nitrogens with one attached hydrogen (secondary N) is 3. The van der Waals surface area contributed by atoms with Gasteiger partial charge < -0.3 is 15.4 Å². The molecule has 1 heterocycles. The van der Waals surface area contributed by atoms with Crippen LogP contribution in [0.3, 0.4) is 0 Å². The number of alkyl halides is 3. The molecule has 158 valence electrons. The second-order valence-electron chi connectivity index (χ2n) is 5.94. The van der Waals surface area contributed by atoms with Gasteiger partial charge in [0.15, 0.2) is 0 Å². The molecule has 3 rings (SSSR count). The number of halogens is 3. The summed E-state index contributed by atoms with van der Waals surface area (Å²) in [6.45, 7) is 0.227. The van der Waals surface area contributed by atoms with E-state index in [0.717, 1.165) is 17.7 Å². The monoisotopic (exact) mass is 440 g/mol. The van der Waals surface area contributed by atoms with Crippen LogP contribution in [0.2, 0.25) is 0 Å². The molecular formula is C18H15F3N4O4S. The van der Waals surface area contributed by atoms with Gasteiger partial charge in [-0.05, 0) is 36.4 Å². The Hall–Kier alpha value is -3.54. The van der Waals surface area contributed by atoms with E-state index in [-0.39, 0.29) is 11.4 Å². The zero-order valence-electron chi connectivity index (χ0n) is 15.1. The van der Waals surface area contributed by atoms with Crippen LogP contribution < -0.4 is 15.4 Å². The van der Waals surface area contributed by atoms with E-state index in [4.69, 9.17) is 0 Å². The van der Waals surface area contributed by atoms with Crippen LogP contribution in [0.5, 0.6) is 5.75 Å². The van der Waals surface area contributed by atoms with Crippen LogP contribution in [0.25, 0.3) is 0 Å². The van der Waals surface area contributed by atoms with Crippen LogP contribution >= 0.6 is 0 Å². The number of urea groups is 1. The lowest BCUT2D eigenvalue weighted by atomic mass is 10.3. The fourth-order valence-corrected chi connectivity index (χ4v) is 3.84. The maximum atomic E-state index is 12.8. The Morgan fingerprint density at radius 3 is 2.43 bits per heavy atom. The van der Waals surface area contributed by atoms with Crippen LogP contribution in [-0.2, 0) is 16.4 Å². The number of aromatic nitrogens is 2. The van der Waals surface area contributed by atoms with Crippen molar-refractivity contribution >= 4 is 21.6 Å². The molecule has 3 N–H and O–H groups in total. The third kappa shape index (κ3) is 5.29. The molecule has 30 heavy (non-hydrogen) atoms. The van der Waals surface area contributed by atoms with E-state index in [1.807, 2.05) is 0 Å². The summed E-state index contributed by atoms with van der Waals surface area (Å²) in [5, 5.41) is 11.4. The predicted octanol–water partition coefficient (Wildman–Crippen LogP) is 3.46. The molecule has 2 amide bonds. The second kappa shape index (κ2) is 8.45. The van der Waals surface area contributed by atoms with Crippen LogP contribution in [0.1, 0.15) is 5.56 Å². The first-order chi connectivity index (χ1) is 14.1. The Morgan fingerprint density at radius 2 is 1.80 bits per heavy atom. The normalized spacial score (nSPS) is 11.7. The Labute approximate surface area is 169 Å². The first kappa shape index (κ1) is 21.2. The minimum absolute atomic E-state index is 0.227. The van der Waals surface area contributed by atoms with Gasteiger partial charge in [-0.15, -0.1) is 13.2 Å². The molecule has 0 unspecified atom stereocenters. The van der Waals surface area contributed by atoms with E-state index in [1.165, 1.54) is 36.4 Å². The highest BCUT2D eigenvalue weighted by atomic mass is 32.2. The number of rotatable bonds is 6. The first-order valence-corrected chi connectivity index (χ1v) is 9.86. The molecule has 0 fully saturated rings. The number of benzene rings is 2. The predicted molar refractivity (Wildman–Crippen MR) is 99.5 cm³/mol. The molecule has 0 aliphatic rings. The lowest BCUT2D eigenvalue weighted by Crippen LogP contribution is -2.28. The summed E-state index contributed by atoms with van der Waals surface area (Å²) < 4.78 is 67.0. The number of para-hydroxylation sites is 1. The molecule has 0 aliphatic carbocycles. The van der Waals surface area contributed by atoms with Crippen molar-refractivity contribution in [3.8, 4) is 5.75 Å². The van der Waals surface area contributed by atoms with Gasteiger partial charge >= 0.3 is 12.4 Å². The smallest absolute Gasteiger partial charge is 0.404 e. The summed E-state index contributed by atoms with van der Waals surface area (Å²) in [6.07, 6.45) is -1.89. The van der Waals surface area contributed by atoms with Crippen LogP contribution in [-0.4, -0.2) is 31.0 Å². The van der Waals surface area contributed by atoms with E-state index in [1.54, 1.807) is 12.4 Å². The quantitative estimate of drug-likeness (QED) is 0.543. The van der Waals surface area contributed by atoms with Gasteiger partial charge in [0.05, 0.1) is 11.1 Å². The van der Waals surface area contributed by atoms with Gasteiger partial charge in [-0.2, -0.15) is 5.10 Å². The van der Waals surface area contributed by atoms with Gasteiger partial charge in [-0.3, -0.25) is 5.10 Å². The van der Waals surface area contributed by atoms with Crippen molar-refractivity contribution in [2.45, 2.75) is 22.7 Å². The number of ether oxygens (including phenoxy) is 1. The SMILES string of the molecule is O=C(NCc1cn[nH]c1)Nc1ccc(S(=O)(=O)c2ccccc2OC(F)(F)F)cc1. The number of aromatic amines is 1. The zero-order chi connectivity index (χ0) is 21.8. The number of hydrogen-bond acceptors (Lipinski definition) is 5. The third-order valence-electron chi connectivity index (χ3n) is 3.79. The van der Waals surface area contributed by atoms with Crippen LogP contribution in [0.15, 0.2) is 70.7 Å². The van der Waals surface area contributed by atoms with E-state index in [2.05, 4.69) is 25.6 Å². The highest BCUT2D eigenvalue weighted by Crippen LogP contribution is 2.33. The van der Waals surface area contributed by atoms with Crippen molar-refractivity contribution in [2.24, 2.45) is 0 Å². The zero-order valence-corrected chi connectivity index (χ0v) is 15.9. The molecular weight excluding hydrogens is 425 g/mol. The minimum atomic E-state index is -5.04. The van der Waals surface area contributed by atoms with Crippen molar-refractivity contribution in [1.29, 1.82) is 0 Å². The Kier molecular flexibility index (Phi) is 5.96. The van der Waals surface area contributed by atoms with E-state index in [0.29, 0.717) is 5.69 Å². The number of hydrogen-bond donors (Lipinski definition) is 3. The van der Waals surface area contributed by atoms with Crippen molar-refractivity contribution in [3.63, 3.8) is 0 Å². The number of amides is 2. The van der Waals surface area contributed by atoms with Gasteiger partial charge in [-0.25, -0.2) is 13.2 Å². The standard InChI is InChI=1S/C18H15F3N4O4S/c19-18(20,21)29-15-3-1-2-4-16(15)30(27,28)14-7-5-13(6-8-14)25-17(26)22-9-12-10-23-24-11-12/h1-8,10-11H,9H2,(H,23,24)(H2,22,25,26). The third-order valence-corrected chi connectivity index (χ3v) is 5.60. The highest BCUT2D eigenvalue weighted by molar-refractivity contribution is 7.91. The number of carbonyl (C=O) groups is 1. The second-order valence-corrected chi connectivity index (χ2v) is 7.85. The van der Waals surface area contributed by atoms with Gasteiger partial charge in [0.1, 0.15) is 10.6 Å². The van der Waals surface area contributed by atoms with Crippen molar-refractivity contribution in [2.75, 3.05) is 5.32 Å². The lowest BCUT2D eigenvalue weighted by Gasteiger charge is -2.14. The number of carbonyl (C=O) groups excluding carboxylic acids is 1. The average molecular weight is 440 g/mol. The molecule has 12 heteroatoms. The van der Waals surface area contributed by atoms with Gasteiger partial charge in [0.2, 0.25) is 9.84 Å². The molecule has 0 spiro atoms.